The summed E-state index contributed by atoms with van der Waals surface area (Å²) in [5.74, 6) is 1.70. The summed E-state index contributed by atoms with van der Waals surface area (Å²) in [4.78, 5) is -0.506. The van der Waals surface area contributed by atoms with Crippen LogP contribution in [0.5, 0.6) is 34.5 Å². The summed E-state index contributed by atoms with van der Waals surface area (Å²) in [6, 6.07) is 20.5. The van der Waals surface area contributed by atoms with E-state index in [0.29, 0.717) is 23.0 Å². The van der Waals surface area contributed by atoms with Crippen LogP contribution in [-0.4, -0.2) is 68.8 Å². The molecule has 0 fully saturated rings. The molecule has 51 heavy (non-hydrogen) atoms. The molecule has 0 amide bonds. The summed E-state index contributed by atoms with van der Waals surface area (Å²) >= 11 is 0. The van der Waals surface area contributed by atoms with Crippen molar-refractivity contribution in [3.8, 4) is 34.5 Å². The molecule has 0 saturated heterocycles. The molecule has 4 rings (SSSR count). The van der Waals surface area contributed by atoms with E-state index in [1.165, 1.54) is 99.2 Å². The van der Waals surface area contributed by atoms with E-state index < -0.39 is 20.2 Å². The second-order valence-electron chi connectivity index (χ2n) is 12.1. The number of ether oxygens (including phenoxy) is 2. The van der Waals surface area contributed by atoms with Gasteiger partial charge in [0.25, 0.3) is 10.1 Å². The molecule has 4 aromatic carbocycles. The van der Waals surface area contributed by atoms with Crippen LogP contribution in [-0.2, 0) is 33.1 Å². The Morgan fingerprint density at radius 1 is 0.569 bits per heavy atom. The van der Waals surface area contributed by atoms with Gasteiger partial charge >= 0.3 is 37.7 Å². The van der Waals surface area contributed by atoms with Crippen LogP contribution in [0.1, 0.15) is 89.2 Å². The molecule has 0 aliphatic carbocycles. The van der Waals surface area contributed by atoms with Crippen LogP contribution in [0, 0.1) is 0 Å². The molecule has 0 heterocycles. The maximum atomic E-state index is 11.8. The number of rotatable bonds is 18. The number of hydrogen-bond acceptors (Lipinski definition) is 9. The number of unbranched alkanes of at least 4 members (excludes halogenated alkanes) is 8. The predicted octanol–water partition coefficient (Wildman–Crippen LogP) is 8.53. The summed E-state index contributed by atoms with van der Waals surface area (Å²) in [5, 5.41) is 21.7. The van der Waals surface area contributed by atoms with Gasteiger partial charge in [-0.25, -0.2) is 8.42 Å². The van der Waals surface area contributed by atoms with Crippen LogP contribution in [0.25, 0.3) is 0 Å². The van der Waals surface area contributed by atoms with Gasteiger partial charge in [0.1, 0.15) is 38.9 Å². The average Bonchev–Trinajstić information content (AvgIpc) is 3.04. The van der Waals surface area contributed by atoms with E-state index in [0.717, 1.165) is 49.7 Å². The first-order valence-electron chi connectivity index (χ1n) is 16.9. The van der Waals surface area contributed by atoms with E-state index in [4.69, 9.17) is 14.0 Å². The summed E-state index contributed by atoms with van der Waals surface area (Å²) < 4.78 is 75.1. The molecule has 0 bridgehead atoms. The van der Waals surface area contributed by atoms with Gasteiger partial charge in [-0.2, -0.15) is 8.42 Å². The van der Waals surface area contributed by atoms with Crippen molar-refractivity contribution < 1.29 is 45.6 Å². The predicted molar refractivity (Wildman–Crippen MR) is 195 cm³/mol. The molecule has 0 radical (unpaired) electrons. The summed E-state index contributed by atoms with van der Waals surface area (Å²) in [5.41, 5.74) is 1.93. The van der Waals surface area contributed by atoms with Crippen LogP contribution < -0.4 is 14.6 Å². The van der Waals surface area contributed by atoms with Gasteiger partial charge in [0, 0.05) is 6.07 Å². The molecule has 0 aliphatic heterocycles. The van der Waals surface area contributed by atoms with Gasteiger partial charge < -0.3 is 24.2 Å². The van der Waals surface area contributed by atoms with E-state index in [-0.39, 0.29) is 59.0 Å². The monoisotopic (exact) mass is 766 g/mol. The van der Waals surface area contributed by atoms with Gasteiger partial charge in [0.15, 0.2) is 0 Å². The zero-order valence-electron chi connectivity index (χ0n) is 29.3. The minimum Gasteiger partial charge on any atom is -0.872 e. The molecular formula is C38H46CaO10S2. The normalized spacial score (nSPS) is 11.2. The van der Waals surface area contributed by atoms with Crippen LogP contribution >= 0.6 is 0 Å². The fourth-order valence-electron chi connectivity index (χ4n) is 5.17. The first-order chi connectivity index (χ1) is 23.8. The Kier molecular flexibility index (Phi) is 19.4. The van der Waals surface area contributed by atoms with E-state index >= 15 is 0 Å². The van der Waals surface area contributed by atoms with Crippen molar-refractivity contribution in [3.05, 3.63) is 96.1 Å². The van der Waals surface area contributed by atoms with Crippen molar-refractivity contribution in [2.45, 2.75) is 101 Å². The average molecular weight is 767 g/mol. The zero-order valence-corrected chi connectivity index (χ0v) is 33.1. The summed E-state index contributed by atoms with van der Waals surface area (Å²) in [7, 11) is -8.70. The smallest absolute Gasteiger partial charge is 0.872 e. The minimum atomic E-state index is -4.48. The van der Waals surface area contributed by atoms with Crippen LogP contribution in [0.3, 0.4) is 0 Å². The first-order valence-corrected chi connectivity index (χ1v) is 19.7. The zero-order chi connectivity index (χ0) is 36.6. The number of benzene rings is 4. The Hall–Kier alpha value is -2.84. The van der Waals surface area contributed by atoms with Crippen molar-refractivity contribution in [2.24, 2.45) is 0 Å². The molecule has 0 aliphatic rings. The van der Waals surface area contributed by atoms with Crippen LogP contribution in [0.15, 0.2) is 94.7 Å². The quantitative estimate of drug-likeness (QED) is 0.0568. The third-order valence-corrected chi connectivity index (χ3v) is 9.45. The van der Waals surface area contributed by atoms with Gasteiger partial charge in [-0.1, -0.05) is 71.3 Å². The molecule has 4 aromatic rings. The van der Waals surface area contributed by atoms with Crippen molar-refractivity contribution >= 4 is 58.0 Å². The number of hydrogen-bond donors (Lipinski definition) is 2. The molecule has 10 nitrogen and oxygen atoms in total. The van der Waals surface area contributed by atoms with Crippen LogP contribution in [0.4, 0.5) is 0 Å². The van der Waals surface area contributed by atoms with Gasteiger partial charge in [-0.15, -0.1) is 5.75 Å². The molecule has 0 aromatic heterocycles. The Bertz CT molecular complexity index is 1710. The minimum absolute atomic E-state index is 0. The number of phenolic OH excluding ortho intramolecular Hbond substituents is 1. The maximum Gasteiger partial charge on any atom is 2.00 e. The van der Waals surface area contributed by atoms with Crippen molar-refractivity contribution in [1.29, 1.82) is 0 Å². The Labute approximate surface area is 332 Å². The molecular weight excluding hydrogens is 721 g/mol. The SMILES string of the molecule is CCCCCCCc1cc(O)cc(Oc2ccc(S(=O)(=O)O)cc2)c1.CCCCCCCc1cc([O-])cc(Oc2ccc(S(=O)(=O)[O-])cc2)c1.[Ca+2]. The molecule has 0 spiro atoms. The third kappa shape index (κ3) is 17.0. The summed E-state index contributed by atoms with van der Waals surface area (Å²) in [6.07, 6.45) is 13.4. The van der Waals surface area contributed by atoms with Crippen LogP contribution in [0.2, 0.25) is 0 Å². The van der Waals surface area contributed by atoms with Gasteiger partial charge in [-0.05, 0) is 110 Å². The Morgan fingerprint density at radius 2 is 1.00 bits per heavy atom. The fraction of sp³-hybridized carbons (Fsp3) is 0.368. The third-order valence-electron chi connectivity index (χ3n) is 7.73. The molecule has 272 valence electrons. The fourth-order valence-corrected chi connectivity index (χ4v) is 6.12. The Morgan fingerprint density at radius 3 is 1.45 bits per heavy atom. The number of phenols is 1. The summed E-state index contributed by atoms with van der Waals surface area (Å²) in [6.45, 7) is 4.35. The molecule has 13 heteroatoms. The van der Waals surface area contributed by atoms with Gasteiger partial charge in [0.2, 0.25) is 0 Å². The largest absolute Gasteiger partial charge is 2.00 e. The van der Waals surface area contributed by atoms with Gasteiger partial charge in [0.05, 0.1) is 9.79 Å². The number of aryl methyl sites for hydroxylation is 2. The van der Waals surface area contributed by atoms with E-state index in [1.807, 2.05) is 12.1 Å². The van der Waals surface area contributed by atoms with Gasteiger partial charge in [-0.3, -0.25) is 4.55 Å². The topological polar surface area (TPSA) is 173 Å². The molecule has 0 atom stereocenters. The molecule has 0 unspecified atom stereocenters. The van der Waals surface area contributed by atoms with Crippen molar-refractivity contribution in [2.75, 3.05) is 0 Å². The molecule has 0 saturated carbocycles. The first kappa shape index (κ1) is 44.3. The number of aromatic hydroxyl groups is 1. The maximum absolute atomic E-state index is 11.8. The molecule has 2 N–H and O–H groups in total. The Balaban J connectivity index is 0.000000347. The standard InChI is InChI=1S/2C19H24O5S.Ca/c2*1-2-3-4-5-6-7-15-12-16(20)14-18(13-15)24-17-8-10-19(11-9-17)25(21,22)23;/h2*8-14,20H,2-7H2,1H3,(H,21,22,23);/q;;+2/p-2. The van der Waals surface area contributed by atoms with Crippen molar-refractivity contribution in [1.82, 2.24) is 0 Å². The van der Waals surface area contributed by atoms with E-state index in [9.17, 15) is 31.6 Å². The van der Waals surface area contributed by atoms with Crippen molar-refractivity contribution in [3.63, 3.8) is 0 Å². The van der Waals surface area contributed by atoms with E-state index in [2.05, 4.69) is 13.8 Å². The second kappa shape index (κ2) is 22.3. The second-order valence-corrected chi connectivity index (χ2v) is 14.9. The van der Waals surface area contributed by atoms with E-state index in [1.54, 1.807) is 12.1 Å².